The number of aromatic nitrogens is 4. The minimum atomic E-state index is -0.134. The number of H-pyrrole nitrogens is 2. The minimum absolute atomic E-state index is 0.0681. The Bertz CT molecular complexity index is 852. The number of hydrogen-bond acceptors (Lipinski definition) is 6. The highest BCUT2D eigenvalue weighted by Crippen LogP contribution is 2.20. The number of anilines is 1. The molecule has 0 aromatic carbocycles. The molecule has 0 aliphatic carbocycles. The third-order valence-electron chi connectivity index (χ3n) is 4.80. The van der Waals surface area contributed by atoms with E-state index in [0.717, 1.165) is 0 Å². The molecular weight excluding hydrogens is 336 g/mol. The van der Waals surface area contributed by atoms with Gasteiger partial charge in [0.05, 0.1) is 24.4 Å². The Morgan fingerprint density at radius 3 is 2.77 bits per heavy atom. The molecule has 9 heteroatoms. The summed E-state index contributed by atoms with van der Waals surface area (Å²) in [7, 11) is 0. The van der Waals surface area contributed by atoms with Crippen molar-refractivity contribution in [3.63, 3.8) is 0 Å². The van der Waals surface area contributed by atoms with Gasteiger partial charge in [-0.05, 0) is 26.3 Å². The van der Waals surface area contributed by atoms with E-state index in [4.69, 9.17) is 4.74 Å². The van der Waals surface area contributed by atoms with Crippen molar-refractivity contribution < 1.29 is 9.53 Å². The number of nitrogens with one attached hydrogen (secondary N) is 2. The maximum Gasteiger partial charge on any atom is 0.272 e. The van der Waals surface area contributed by atoms with Gasteiger partial charge in [0.25, 0.3) is 11.5 Å². The normalized spacial score (nSPS) is 23.0. The molecule has 2 aromatic heterocycles. The van der Waals surface area contributed by atoms with Crippen LogP contribution in [-0.4, -0.2) is 62.8 Å². The van der Waals surface area contributed by atoms with E-state index in [0.29, 0.717) is 55.5 Å². The van der Waals surface area contributed by atoms with E-state index in [-0.39, 0.29) is 23.7 Å². The lowest BCUT2D eigenvalue weighted by molar-refractivity contribution is -0.00575. The van der Waals surface area contributed by atoms with Gasteiger partial charge >= 0.3 is 0 Å². The van der Waals surface area contributed by atoms with Crippen LogP contribution in [0.25, 0.3) is 0 Å². The second-order valence-corrected chi connectivity index (χ2v) is 6.92. The summed E-state index contributed by atoms with van der Waals surface area (Å²) in [6, 6.07) is 1.64. The second kappa shape index (κ2) is 6.56. The molecule has 2 aromatic rings. The van der Waals surface area contributed by atoms with Gasteiger partial charge in [0.1, 0.15) is 5.69 Å². The molecule has 2 unspecified atom stereocenters. The molecule has 9 nitrogen and oxygen atoms in total. The fourth-order valence-corrected chi connectivity index (χ4v) is 3.65. The summed E-state index contributed by atoms with van der Waals surface area (Å²) in [5.41, 5.74) is 1.64. The number of aromatic amines is 2. The number of ether oxygens (including phenoxy) is 1. The number of morpholine rings is 1. The largest absolute Gasteiger partial charge is 0.372 e. The van der Waals surface area contributed by atoms with Crippen LogP contribution >= 0.6 is 0 Å². The van der Waals surface area contributed by atoms with Crippen molar-refractivity contribution in [3.05, 3.63) is 39.6 Å². The molecule has 2 N–H and O–H groups in total. The van der Waals surface area contributed by atoms with Crippen LogP contribution in [0, 0.1) is 0 Å². The molecule has 0 saturated carbocycles. The number of nitrogens with zero attached hydrogens (tertiary/aromatic N) is 4. The monoisotopic (exact) mass is 358 g/mol. The van der Waals surface area contributed by atoms with Gasteiger partial charge in [-0.15, -0.1) is 0 Å². The first-order chi connectivity index (χ1) is 12.5. The summed E-state index contributed by atoms with van der Waals surface area (Å²) >= 11 is 0. The zero-order valence-corrected chi connectivity index (χ0v) is 14.9. The van der Waals surface area contributed by atoms with Gasteiger partial charge < -0.3 is 14.5 Å². The Kier molecular flexibility index (Phi) is 4.23. The van der Waals surface area contributed by atoms with Crippen LogP contribution in [0.5, 0.6) is 0 Å². The van der Waals surface area contributed by atoms with E-state index in [9.17, 15) is 9.59 Å². The highest BCUT2D eigenvalue weighted by Gasteiger charge is 2.28. The van der Waals surface area contributed by atoms with Crippen molar-refractivity contribution in [2.45, 2.75) is 39.0 Å². The van der Waals surface area contributed by atoms with E-state index in [1.165, 1.54) is 0 Å². The summed E-state index contributed by atoms with van der Waals surface area (Å²) in [6.07, 6.45) is 2.18. The topological polar surface area (TPSA) is 107 Å². The van der Waals surface area contributed by atoms with Gasteiger partial charge in [0.15, 0.2) is 0 Å². The quantitative estimate of drug-likeness (QED) is 0.800. The number of amides is 1. The molecule has 1 saturated heterocycles. The van der Waals surface area contributed by atoms with Gasteiger partial charge in [0, 0.05) is 31.4 Å². The van der Waals surface area contributed by atoms with Crippen LogP contribution in [0.15, 0.2) is 17.1 Å². The second-order valence-electron chi connectivity index (χ2n) is 6.92. The number of hydrogen-bond donors (Lipinski definition) is 2. The molecule has 4 rings (SSSR count). The van der Waals surface area contributed by atoms with Crippen LogP contribution in [-0.2, 0) is 17.7 Å². The lowest BCUT2D eigenvalue weighted by Crippen LogP contribution is -2.47. The average molecular weight is 358 g/mol. The molecule has 2 atom stereocenters. The summed E-state index contributed by atoms with van der Waals surface area (Å²) in [4.78, 5) is 36.4. The van der Waals surface area contributed by atoms with Gasteiger partial charge in [0.2, 0.25) is 5.95 Å². The Balaban J connectivity index is 1.60. The Hall–Kier alpha value is -2.68. The zero-order valence-electron chi connectivity index (χ0n) is 14.9. The lowest BCUT2D eigenvalue weighted by Gasteiger charge is -2.36. The van der Waals surface area contributed by atoms with Crippen molar-refractivity contribution in [1.82, 2.24) is 25.1 Å². The fourth-order valence-electron chi connectivity index (χ4n) is 3.65. The van der Waals surface area contributed by atoms with Crippen LogP contribution in [0.2, 0.25) is 0 Å². The van der Waals surface area contributed by atoms with Gasteiger partial charge in [-0.2, -0.15) is 5.10 Å². The highest BCUT2D eigenvalue weighted by molar-refractivity contribution is 5.92. The number of carbonyl (C=O) groups is 1. The van der Waals surface area contributed by atoms with Gasteiger partial charge in [-0.3, -0.25) is 19.7 Å². The molecular formula is C17H22N6O3. The summed E-state index contributed by atoms with van der Waals surface area (Å²) in [5.74, 6) is 0.414. The Morgan fingerprint density at radius 2 is 2.08 bits per heavy atom. The van der Waals surface area contributed by atoms with Gasteiger partial charge in [-0.1, -0.05) is 0 Å². The zero-order chi connectivity index (χ0) is 18.3. The van der Waals surface area contributed by atoms with E-state index in [2.05, 4.69) is 20.2 Å². The van der Waals surface area contributed by atoms with E-state index in [1.54, 1.807) is 17.2 Å². The standard InChI is InChI=1S/C17H22N6O3/c1-10-7-23(8-11(2)26-10)17-19-14-9-22(6-4-12(14)15(24)20-17)16(25)13-3-5-18-21-13/h3,5,10-11H,4,6-9H2,1-2H3,(H,18,21)(H,19,20,24). The SMILES string of the molecule is CC1CN(c2nc3c(c(=O)[nH]2)CCN(C(=O)c2ccn[nH]2)C3)CC(C)O1. The molecule has 0 spiro atoms. The van der Waals surface area contributed by atoms with E-state index in [1.807, 2.05) is 18.7 Å². The summed E-state index contributed by atoms with van der Waals surface area (Å²) in [5, 5.41) is 6.52. The number of rotatable bonds is 2. The first kappa shape index (κ1) is 16.8. The first-order valence-electron chi connectivity index (χ1n) is 8.82. The van der Waals surface area contributed by atoms with Crippen molar-refractivity contribution in [2.24, 2.45) is 0 Å². The molecule has 2 aliphatic rings. The lowest BCUT2D eigenvalue weighted by atomic mass is 10.1. The maximum atomic E-state index is 12.5. The smallest absolute Gasteiger partial charge is 0.272 e. The molecule has 0 radical (unpaired) electrons. The van der Waals surface area contributed by atoms with Crippen molar-refractivity contribution >= 4 is 11.9 Å². The predicted molar refractivity (Wildman–Crippen MR) is 94.1 cm³/mol. The molecule has 2 aliphatic heterocycles. The molecule has 4 heterocycles. The molecule has 1 fully saturated rings. The fraction of sp³-hybridized carbons (Fsp3) is 0.529. The predicted octanol–water partition coefficient (Wildman–Crippen LogP) is 0.305. The van der Waals surface area contributed by atoms with Crippen molar-refractivity contribution in [1.29, 1.82) is 0 Å². The molecule has 1 amide bonds. The van der Waals surface area contributed by atoms with Crippen LogP contribution in [0.4, 0.5) is 5.95 Å². The summed E-state index contributed by atoms with van der Waals surface area (Å²) < 4.78 is 5.75. The third kappa shape index (κ3) is 3.10. The highest BCUT2D eigenvalue weighted by atomic mass is 16.5. The Morgan fingerprint density at radius 1 is 1.31 bits per heavy atom. The Labute approximate surface area is 150 Å². The van der Waals surface area contributed by atoms with Crippen LogP contribution in [0.3, 0.4) is 0 Å². The molecule has 0 bridgehead atoms. The number of fused-ring (bicyclic) bond motifs is 1. The molecule has 138 valence electrons. The first-order valence-corrected chi connectivity index (χ1v) is 8.82. The van der Waals surface area contributed by atoms with E-state index < -0.39 is 0 Å². The minimum Gasteiger partial charge on any atom is -0.372 e. The number of carbonyl (C=O) groups excluding carboxylic acids is 1. The summed E-state index contributed by atoms with van der Waals surface area (Å²) in [6.45, 7) is 6.15. The third-order valence-corrected chi connectivity index (χ3v) is 4.80. The van der Waals surface area contributed by atoms with Gasteiger partial charge in [-0.25, -0.2) is 4.98 Å². The van der Waals surface area contributed by atoms with E-state index >= 15 is 0 Å². The van der Waals surface area contributed by atoms with Crippen molar-refractivity contribution in [3.8, 4) is 0 Å². The molecule has 26 heavy (non-hydrogen) atoms. The average Bonchev–Trinajstić information content (AvgIpc) is 3.14. The van der Waals surface area contributed by atoms with Crippen molar-refractivity contribution in [2.75, 3.05) is 24.5 Å². The van der Waals surface area contributed by atoms with Crippen LogP contribution < -0.4 is 10.5 Å². The van der Waals surface area contributed by atoms with Crippen LogP contribution in [0.1, 0.15) is 35.6 Å². The maximum absolute atomic E-state index is 12.5.